The average Bonchev–Trinajstić information content (AvgIpc) is 2.72. The summed E-state index contributed by atoms with van der Waals surface area (Å²) in [5.74, 6) is 3.31. The first-order valence-electron chi connectivity index (χ1n) is 5.32. The standard InChI is InChI=1S/C10H22N2OS/c1-8(13-2)6-12-10(5-11)9-3-4-14-7-9/h8-10,12H,3-7,11H2,1-2H3. The first kappa shape index (κ1) is 12.3. The van der Waals surface area contributed by atoms with Crippen LogP contribution in [0.2, 0.25) is 0 Å². The van der Waals surface area contributed by atoms with Gasteiger partial charge in [0, 0.05) is 26.2 Å². The number of thioether (sulfide) groups is 1. The number of nitrogens with one attached hydrogen (secondary N) is 1. The molecule has 1 rings (SSSR count). The second kappa shape index (κ2) is 6.67. The zero-order chi connectivity index (χ0) is 10.4. The summed E-state index contributed by atoms with van der Waals surface area (Å²) in [4.78, 5) is 0. The van der Waals surface area contributed by atoms with Gasteiger partial charge in [0.05, 0.1) is 6.10 Å². The molecule has 3 atom stereocenters. The molecular formula is C10H22N2OS. The summed E-state index contributed by atoms with van der Waals surface area (Å²) >= 11 is 2.04. The smallest absolute Gasteiger partial charge is 0.0667 e. The molecular weight excluding hydrogens is 196 g/mol. The topological polar surface area (TPSA) is 47.3 Å². The lowest BCUT2D eigenvalue weighted by molar-refractivity contribution is 0.112. The van der Waals surface area contributed by atoms with E-state index in [2.05, 4.69) is 12.2 Å². The van der Waals surface area contributed by atoms with Crippen LogP contribution in [0.4, 0.5) is 0 Å². The summed E-state index contributed by atoms with van der Waals surface area (Å²) in [5, 5.41) is 3.50. The first-order chi connectivity index (χ1) is 6.77. The van der Waals surface area contributed by atoms with Crippen molar-refractivity contribution in [3.05, 3.63) is 0 Å². The van der Waals surface area contributed by atoms with Gasteiger partial charge in [-0.25, -0.2) is 0 Å². The fourth-order valence-electron chi connectivity index (χ4n) is 1.71. The van der Waals surface area contributed by atoms with E-state index in [0.29, 0.717) is 6.04 Å². The fraction of sp³-hybridized carbons (Fsp3) is 1.00. The highest BCUT2D eigenvalue weighted by Gasteiger charge is 2.24. The van der Waals surface area contributed by atoms with Crippen LogP contribution < -0.4 is 11.1 Å². The molecule has 3 N–H and O–H groups in total. The lowest BCUT2D eigenvalue weighted by Crippen LogP contribution is -2.45. The van der Waals surface area contributed by atoms with Crippen LogP contribution in [0.5, 0.6) is 0 Å². The van der Waals surface area contributed by atoms with E-state index in [4.69, 9.17) is 10.5 Å². The Morgan fingerprint density at radius 3 is 2.93 bits per heavy atom. The Balaban J connectivity index is 2.23. The maximum atomic E-state index is 5.77. The van der Waals surface area contributed by atoms with Crippen LogP contribution in [0.25, 0.3) is 0 Å². The van der Waals surface area contributed by atoms with Gasteiger partial charge >= 0.3 is 0 Å². The predicted octanol–water partition coefficient (Wildman–Crippen LogP) is 0.691. The molecule has 0 aromatic carbocycles. The van der Waals surface area contributed by atoms with Crippen molar-refractivity contribution in [3.63, 3.8) is 0 Å². The molecule has 3 unspecified atom stereocenters. The van der Waals surface area contributed by atoms with Gasteiger partial charge in [-0.15, -0.1) is 0 Å². The second-order valence-electron chi connectivity index (χ2n) is 3.92. The normalized spacial score (nSPS) is 26.4. The molecule has 3 nitrogen and oxygen atoms in total. The zero-order valence-corrected chi connectivity index (χ0v) is 9.98. The monoisotopic (exact) mass is 218 g/mol. The van der Waals surface area contributed by atoms with Crippen LogP contribution in [-0.2, 0) is 4.74 Å². The molecule has 1 aliphatic heterocycles. The van der Waals surface area contributed by atoms with Gasteiger partial charge in [-0.2, -0.15) is 11.8 Å². The molecule has 14 heavy (non-hydrogen) atoms. The molecule has 1 heterocycles. The molecule has 0 aromatic rings. The maximum absolute atomic E-state index is 5.77. The lowest BCUT2D eigenvalue weighted by atomic mass is 9.99. The van der Waals surface area contributed by atoms with Gasteiger partial charge in [0.15, 0.2) is 0 Å². The minimum atomic E-state index is 0.276. The van der Waals surface area contributed by atoms with Crippen LogP contribution in [0.15, 0.2) is 0 Å². The average molecular weight is 218 g/mol. The van der Waals surface area contributed by atoms with Crippen molar-refractivity contribution in [2.24, 2.45) is 11.7 Å². The van der Waals surface area contributed by atoms with Gasteiger partial charge in [0.25, 0.3) is 0 Å². The van der Waals surface area contributed by atoms with Crippen molar-refractivity contribution in [2.75, 3.05) is 31.7 Å². The third kappa shape index (κ3) is 3.77. The summed E-state index contributed by atoms with van der Waals surface area (Å²) in [5.41, 5.74) is 5.77. The largest absolute Gasteiger partial charge is 0.380 e. The molecule has 0 aliphatic carbocycles. The highest BCUT2D eigenvalue weighted by Crippen LogP contribution is 2.25. The predicted molar refractivity (Wildman–Crippen MR) is 62.7 cm³/mol. The van der Waals surface area contributed by atoms with E-state index < -0.39 is 0 Å². The van der Waals surface area contributed by atoms with Crippen molar-refractivity contribution in [1.29, 1.82) is 0 Å². The Labute approximate surface area is 91.1 Å². The number of hydrogen-bond donors (Lipinski definition) is 2. The highest BCUT2D eigenvalue weighted by molar-refractivity contribution is 7.99. The third-order valence-corrected chi connectivity index (χ3v) is 4.05. The number of hydrogen-bond acceptors (Lipinski definition) is 4. The van der Waals surface area contributed by atoms with Crippen molar-refractivity contribution in [1.82, 2.24) is 5.32 Å². The molecule has 0 bridgehead atoms. The molecule has 1 saturated heterocycles. The van der Waals surface area contributed by atoms with Crippen LogP contribution in [0.3, 0.4) is 0 Å². The summed E-state index contributed by atoms with van der Waals surface area (Å²) in [6.45, 7) is 3.71. The van der Waals surface area contributed by atoms with E-state index >= 15 is 0 Å². The van der Waals surface area contributed by atoms with Crippen molar-refractivity contribution < 1.29 is 4.74 Å². The summed E-state index contributed by atoms with van der Waals surface area (Å²) in [7, 11) is 1.75. The molecule has 1 fully saturated rings. The summed E-state index contributed by atoms with van der Waals surface area (Å²) < 4.78 is 5.20. The summed E-state index contributed by atoms with van der Waals surface area (Å²) in [6.07, 6.45) is 1.58. The molecule has 0 aromatic heterocycles. The van der Waals surface area contributed by atoms with E-state index in [1.807, 2.05) is 11.8 Å². The van der Waals surface area contributed by atoms with E-state index in [9.17, 15) is 0 Å². The third-order valence-electron chi connectivity index (χ3n) is 2.86. The quantitative estimate of drug-likeness (QED) is 0.689. The van der Waals surface area contributed by atoms with Gasteiger partial charge in [-0.3, -0.25) is 0 Å². The summed E-state index contributed by atoms with van der Waals surface area (Å²) in [6, 6.07) is 0.475. The first-order valence-corrected chi connectivity index (χ1v) is 6.47. The Kier molecular flexibility index (Phi) is 5.86. The van der Waals surface area contributed by atoms with E-state index in [-0.39, 0.29) is 6.10 Å². The van der Waals surface area contributed by atoms with Crippen LogP contribution in [-0.4, -0.2) is 43.9 Å². The molecule has 84 valence electrons. The van der Waals surface area contributed by atoms with E-state index in [1.165, 1.54) is 17.9 Å². The van der Waals surface area contributed by atoms with Crippen LogP contribution >= 0.6 is 11.8 Å². The number of rotatable bonds is 6. The number of nitrogens with two attached hydrogens (primary N) is 1. The Hall–Kier alpha value is 0.230. The van der Waals surface area contributed by atoms with Crippen LogP contribution in [0, 0.1) is 5.92 Å². The maximum Gasteiger partial charge on any atom is 0.0667 e. The fourth-order valence-corrected chi connectivity index (χ4v) is 3.05. The van der Waals surface area contributed by atoms with Gasteiger partial charge in [0.2, 0.25) is 0 Å². The Morgan fingerprint density at radius 1 is 1.64 bits per heavy atom. The van der Waals surface area contributed by atoms with Gasteiger partial charge in [-0.1, -0.05) is 0 Å². The van der Waals surface area contributed by atoms with Crippen LogP contribution in [0.1, 0.15) is 13.3 Å². The second-order valence-corrected chi connectivity index (χ2v) is 5.07. The van der Waals surface area contributed by atoms with Crippen molar-refractivity contribution in [3.8, 4) is 0 Å². The Bertz CT molecular complexity index is 151. The number of ether oxygens (including phenoxy) is 1. The van der Waals surface area contributed by atoms with Gasteiger partial charge in [0.1, 0.15) is 0 Å². The van der Waals surface area contributed by atoms with Gasteiger partial charge < -0.3 is 15.8 Å². The minimum Gasteiger partial charge on any atom is -0.380 e. The van der Waals surface area contributed by atoms with Crippen molar-refractivity contribution in [2.45, 2.75) is 25.5 Å². The van der Waals surface area contributed by atoms with E-state index in [0.717, 1.165) is 19.0 Å². The SMILES string of the molecule is COC(C)CNC(CN)C1CCSC1. The highest BCUT2D eigenvalue weighted by atomic mass is 32.2. The molecule has 0 spiro atoms. The Morgan fingerprint density at radius 2 is 2.43 bits per heavy atom. The molecule has 0 saturated carbocycles. The number of methoxy groups -OCH3 is 1. The zero-order valence-electron chi connectivity index (χ0n) is 9.16. The van der Waals surface area contributed by atoms with E-state index in [1.54, 1.807) is 7.11 Å². The lowest BCUT2D eigenvalue weighted by Gasteiger charge is -2.24. The van der Waals surface area contributed by atoms with Gasteiger partial charge in [-0.05, 0) is 30.8 Å². The minimum absolute atomic E-state index is 0.276. The molecule has 0 amide bonds. The van der Waals surface area contributed by atoms with Crippen molar-refractivity contribution >= 4 is 11.8 Å². The molecule has 0 radical (unpaired) electrons. The molecule has 1 aliphatic rings. The molecule has 4 heteroatoms.